The molecule has 1 aromatic heterocycles. The molecule has 0 amide bonds. The molecule has 0 fully saturated rings. The van der Waals surface area contributed by atoms with Crippen LogP contribution in [0.3, 0.4) is 0 Å². The molecule has 0 aliphatic carbocycles. The summed E-state index contributed by atoms with van der Waals surface area (Å²) in [5.41, 5.74) is 1.18. The Bertz CT molecular complexity index is 1040. The van der Waals surface area contributed by atoms with Crippen LogP contribution in [0, 0.1) is 0 Å². The van der Waals surface area contributed by atoms with Crippen molar-refractivity contribution in [1.82, 2.24) is 0 Å². The Morgan fingerprint density at radius 3 is 2.68 bits per heavy atom. The molecule has 4 rings (SSSR count). The highest BCUT2D eigenvalue weighted by molar-refractivity contribution is 6.03. The van der Waals surface area contributed by atoms with E-state index in [4.69, 9.17) is 9.15 Å². The smallest absolute Gasteiger partial charge is 0.154 e. The molecule has 2 aromatic carbocycles. The third kappa shape index (κ3) is 2.36. The highest BCUT2D eigenvalue weighted by atomic mass is 16.5. The molecule has 3 aromatic rings. The van der Waals surface area contributed by atoms with E-state index in [0.29, 0.717) is 39.7 Å². The van der Waals surface area contributed by atoms with E-state index >= 15 is 0 Å². The lowest BCUT2D eigenvalue weighted by Gasteiger charge is -2.28. The van der Waals surface area contributed by atoms with E-state index in [-0.39, 0.29) is 17.3 Å². The lowest BCUT2D eigenvalue weighted by atomic mass is 9.97. The fourth-order valence-corrected chi connectivity index (χ4v) is 3.05. The minimum Gasteiger partial charge on any atom is -0.508 e. The molecule has 0 atom stereocenters. The van der Waals surface area contributed by atoms with E-state index in [9.17, 15) is 15.0 Å². The maximum absolute atomic E-state index is 11.6. The zero-order valence-corrected chi connectivity index (χ0v) is 13.7. The summed E-state index contributed by atoms with van der Waals surface area (Å²) >= 11 is 0. The number of rotatable bonds is 2. The molecule has 0 spiro atoms. The summed E-state index contributed by atoms with van der Waals surface area (Å²) in [7, 11) is 0. The maximum Gasteiger partial charge on any atom is 0.154 e. The van der Waals surface area contributed by atoms with Crippen LogP contribution >= 0.6 is 0 Å². The number of aldehydes is 1. The van der Waals surface area contributed by atoms with E-state index in [1.54, 1.807) is 24.3 Å². The van der Waals surface area contributed by atoms with Gasteiger partial charge in [0.15, 0.2) is 6.29 Å². The molecular weight excluding hydrogens is 320 g/mol. The molecule has 0 bridgehead atoms. The average molecular weight is 336 g/mol. The van der Waals surface area contributed by atoms with Crippen molar-refractivity contribution in [1.29, 1.82) is 0 Å². The van der Waals surface area contributed by atoms with Crippen molar-refractivity contribution >= 4 is 23.3 Å². The Balaban J connectivity index is 1.94. The molecule has 126 valence electrons. The quantitative estimate of drug-likeness (QED) is 0.673. The Hall–Kier alpha value is -3.21. The third-order valence-corrected chi connectivity index (χ3v) is 4.28. The fraction of sp³-hybridized carbons (Fsp3) is 0.150. The number of hydrogen-bond acceptors (Lipinski definition) is 5. The number of furan rings is 1. The van der Waals surface area contributed by atoms with Gasteiger partial charge < -0.3 is 19.4 Å². The summed E-state index contributed by atoms with van der Waals surface area (Å²) in [5.74, 6) is 0.846. The first-order valence-corrected chi connectivity index (χ1v) is 7.85. The summed E-state index contributed by atoms with van der Waals surface area (Å²) in [5, 5.41) is 20.9. The molecule has 5 heteroatoms. The lowest BCUT2D eigenvalue weighted by Crippen LogP contribution is -2.27. The number of ether oxygens (including phenoxy) is 1. The summed E-state index contributed by atoms with van der Waals surface area (Å²) < 4.78 is 11.6. The van der Waals surface area contributed by atoms with Crippen LogP contribution < -0.4 is 4.74 Å². The van der Waals surface area contributed by atoms with Crippen molar-refractivity contribution in [3.05, 3.63) is 47.5 Å². The SMILES string of the molecule is CC1(C)C=Cc2c(ccc(-c3oc4cc(O)ccc4c3C=O)c2O)O1. The van der Waals surface area contributed by atoms with E-state index < -0.39 is 5.60 Å². The summed E-state index contributed by atoms with van der Waals surface area (Å²) in [6.07, 6.45) is 4.34. The molecule has 0 saturated carbocycles. The van der Waals surface area contributed by atoms with Crippen LogP contribution in [0.1, 0.15) is 29.8 Å². The van der Waals surface area contributed by atoms with Gasteiger partial charge in [0.05, 0.1) is 16.7 Å². The minimum absolute atomic E-state index is 0.0179. The van der Waals surface area contributed by atoms with Gasteiger partial charge in [-0.05, 0) is 50.3 Å². The van der Waals surface area contributed by atoms with Crippen LogP contribution in [-0.4, -0.2) is 22.1 Å². The predicted molar refractivity (Wildman–Crippen MR) is 94.1 cm³/mol. The first-order chi connectivity index (χ1) is 11.9. The van der Waals surface area contributed by atoms with Gasteiger partial charge in [0.25, 0.3) is 0 Å². The van der Waals surface area contributed by atoms with Crippen molar-refractivity contribution in [3.63, 3.8) is 0 Å². The standard InChI is InChI=1S/C20H16O5/c1-20(2)8-7-13-16(25-20)6-5-14(18(13)23)19-15(10-21)12-4-3-11(22)9-17(12)24-19/h3-10,22-23H,1-2H3. The van der Waals surface area contributed by atoms with Gasteiger partial charge in [-0.1, -0.05) is 0 Å². The minimum atomic E-state index is -0.453. The molecule has 1 aliphatic rings. The normalized spacial score (nSPS) is 15.0. The second kappa shape index (κ2) is 5.14. The molecule has 5 nitrogen and oxygen atoms in total. The Labute approximate surface area is 143 Å². The van der Waals surface area contributed by atoms with E-state index in [1.807, 2.05) is 19.9 Å². The van der Waals surface area contributed by atoms with Crippen LogP contribution in [0.25, 0.3) is 28.4 Å². The zero-order chi connectivity index (χ0) is 17.8. The van der Waals surface area contributed by atoms with Gasteiger partial charge in [-0.3, -0.25) is 4.79 Å². The van der Waals surface area contributed by atoms with E-state index in [0.717, 1.165) is 0 Å². The van der Waals surface area contributed by atoms with Crippen LogP contribution in [0.2, 0.25) is 0 Å². The Morgan fingerprint density at radius 1 is 1.12 bits per heavy atom. The van der Waals surface area contributed by atoms with Crippen LogP contribution in [0.4, 0.5) is 0 Å². The van der Waals surface area contributed by atoms with Crippen LogP contribution in [-0.2, 0) is 0 Å². The fourth-order valence-electron chi connectivity index (χ4n) is 3.05. The summed E-state index contributed by atoms with van der Waals surface area (Å²) in [4.78, 5) is 11.6. The van der Waals surface area contributed by atoms with Gasteiger partial charge >= 0.3 is 0 Å². The summed E-state index contributed by atoms with van der Waals surface area (Å²) in [6, 6.07) is 7.94. The van der Waals surface area contributed by atoms with Crippen LogP contribution in [0.5, 0.6) is 17.2 Å². The molecular formula is C20H16O5. The molecule has 2 N–H and O–H groups in total. The average Bonchev–Trinajstić information content (AvgIpc) is 2.91. The molecule has 0 saturated heterocycles. The van der Waals surface area contributed by atoms with Gasteiger partial charge in [0.2, 0.25) is 0 Å². The van der Waals surface area contributed by atoms with Crippen molar-refractivity contribution in [2.75, 3.05) is 0 Å². The van der Waals surface area contributed by atoms with Gasteiger partial charge in [0, 0.05) is 11.5 Å². The van der Waals surface area contributed by atoms with Crippen molar-refractivity contribution in [2.45, 2.75) is 19.4 Å². The number of aromatic hydroxyl groups is 2. The first-order valence-electron chi connectivity index (χ1n) is 7.85. The van der Waals surface area contributed by atoms with E-state index in [1.165, 1.54) is 12.1 Å². The zero-order valence-electron chi connectivity index (χ0n) is 13.7. The number of carbonyl (C=O) groups excluding carboxylic acids is 1. The highest BCUT2D eigenvalue weighted by Crippen LogP contribution is 2.44. The number of phenols is 2. The number of hydrogen-bond donors (Lipinski definition) is 2. The van der Waals surface area contributed by atoms with Crippen molar-refractivity contribution < 1.29 is 24.2 Å². The third-order valence-electron chi connectivity index (χ3n) is 4.28. The molecule has 0 radical (unpaired) electrons. The van der Waals surface area contributed by atoms with E-state index in [2.05, 4.69) is 0 Å². The second-order valence-corrected chi connectivity index (χ2v) is 6.56. The van der Waals surface area contributed by atoms with Crippen molar-refractivity contribution in [3.8, 4) is 28.6 Å². The maximum atomic E-state index is 11.6. The largest absolute Gasteiger partial charge is 0.508 e. The molecule has 25 heavy (non-hydrogen) atoms. The number of phenolic OH excluding ortho intramolecular Hbond substituents is 2. The van der Waals surface area contributed by atoms with Crippen molar-refractivity contribution in [2.24, 2.45) is 0 Å². The second-order valence-electron chi connectivity index (χ2n) is 6.56. The monoisotopic (exact) mass is 336 g/mol. The molecule has 2 heterocycles. The molecule has 0 unspecified atom stereocenters. The van der Waals surface area contributed by atoms with Gasteiger partial charge in [-0.25, -0.2) is 0 Å². The number of benzene rings is 2. The number of fused-ring (bicyclic) bond motifs is 2. The first kappa shape index (κ1) is 15.3. The van der Waals surface area contributed by atoms with Crippen LogP contribution in [0.15, 0.2) is 40.8 Å². The Kier molecular flexibility index (Phi) is 3.15. The van der Waals surface area contributed by atoms with Gasteiger partial charge in [0.1, 0.15) is 34.2 Å². The topological polar surface area (TPSA) is 79.9 Å². The highest BCUT2D eigenvalue weighted by Gasteiger charge is 2.26. The van der Waals surface area contributed by atoms with Gasteiger partial charge in [-0.2, -0.15) is 0 Å². The number of carbonyl (C=O) groups is 1. The lowest BCUT2D eigenvalue weighted by molar-refractivity contribution is 0.112. The predicted octanol–water partition coefficient (Wildman–Crippen LogP) is 4.51. The Morgan fingerprint density at radius 2 is 1.92 bits per heavy atom. The summed E-state index contributed by atoms with van der Waals surface area (Å²) in [6.45, 7) is 3.85. The molecule has 1 aliphatic heterocycles. The van der Waals surface area contributed by atoms with Gasteiger partial charge in [-0.15, -0.1) is 0 Å².